The Balaban J connectivity index is 0.00000364. The molecule has 2 N–H and O–H groups in total. The minimum Gasteiger partial charge on any atom is -0.494 e. The van der Waals surface area contributed by atoms with Crippen molar-refractivity contribution in [3.63, 3.8) is 0 Å². The van der Waals surface area contributed by atoms with Gasteiger partial charge in [0, 0.05) is 13.1 Å². The van der Waals surface area contributed by atoms with Gasteiger partial charge < -0.3 is 19.8 Å². The molecule has 0 saturated carbocycles. The topological polar surface area (TPSA) is 71.7 Å². The highest BCUT2D eigenvalue weighted by molar-refractivity contribution is 14.0. The van der Waals surface area contributed by atoms with Gasteiger partial charge in [0.05, 0.1) is 12.3 Å². The first kappa shape index (κ1) is 23.2. The quantitative estimate of drug-likeness (QED) is 0.241. The van der Waals surface area contributed by atoms with E-state index in [1.165, 1.54) is 12.1 Å². The van der Waals surface area contributed by atoms with Crippen LogP contribution in [0.5, 0.6) is 5.75 Å². The molecule has 1 heterocycles. The molecule has 0 aliphatic rings. The van der Waals surface area contributed by atoms with Crippen LogP contribution in [0, 0.1) is 19.7 Å². The van der Waals surface area contributed by atoms with Gasteiger partial charge in [0.25, 0.3) is 0 Å². The van der Waals surface area contributed by atoms with Crippen LogP contribution in [-0.2, 0) is 6.54 Å². The number of unbranched alkanes of at least 4 members (excludes halogenated alkanes) is 1. The third kappa shape index (κ3) is 8.59. The van der Waals surface area contributed by atoms with Crippen molar-refractivity contribution in [2.45, 2.75) is 40.2 Å². The van der Waals surface area contributed by atoms with Gasteiger partial charge in [0.15, 0.2) is 5.96 Å². The van der Waals surface area contributed by atoms with Crippen LogP contribution in [0.25, 0.3) is 0 Å². The Bertz CT molecular complexity index is 685. The first-order chi connectivity index (χ1) is 12.6. The van der Waals surface area contributed by atoms with Crippen molar-refractivity contribution in [2.75, 3.05) is 19.7 Å². The molecule has 0 aliphatic carbocycles. The van der Waals surface area contributed by atoms with Gasteiger partial charge in [0.1, 0.15) is 23.9 Å². The highest BCUT2D eigenvalue weighted by Gasteiger charge is 2.05. The van der Waals surface area contributed by atoms with E-state index in [2.05, 4.69) is 20.6 Å². The van der Waals surface area contributed by atoms with Crippen molar-refractivity contribution in [3.8, 4) is 5.75 Å². The summed E-state index contributed by atoms with van der Waals surface area (Å²) in [4.78, 5) is 8.81. The molecule has 0 saturated heterocycles. The predicted octanol–water partition coefficient (Wildman–Crippen LogP) is 3.96. The van der Waals surface area contributed by atoms with Crippen LogP contribution < -0.4 is 15.4 Å². The number of benzene rings is 1. The molecule has 0 spiro atoms. The van der Waals surface area contributed by atoms with E-state index in [-0.39, 0.29) is 29.8 Å². The van der Waals surface area contributed by atoms with Gasteiger partial charge in [-0.05, 0) is 57.9 Å². The number of rotatable bonds is 9. The van der Waals surface area contributed by atoms with Crippen molar-refractivity contribution in [2.24, 2.45) is 4.99 Å². The molecule has 0 atom stereocenters. The molecule has 8 heteroatoms. The van der Waals surface area contributed by atoms with E-state index in [1.54, 1.807) is 12.1 Å². The van der Waals surface area contributed by atoms with Crippen LogP contribution in [0.3, 0.4) is 0 Å². The fourth-order valence-corrected chi connectivity index (χ4v) is 2.25. The zero-order valence-electron chi connectivity index (χ0n) is 16.0. The number of aliphatic imine (C=N–C) groups is 1. The number of hydrogen-bond donors (Lipinski definition) is 2. The second kappa shape index (κ2) is 12.5. The molecule has 0 unspecified atom stereocenters. The standard InChI is InChI=1S/C19H27FN4O2.HI/c1-4-21-19(23-13-18-24-14(2)15(3)26-18)22-11-5-6-12-25-17-9-7-16(20)8-10-17;/h7-10H,4-6,11-13H2,1-3H3,(H2,21,22,23);1H. The highest BCUT2D eigenvalue weighted by Crippen LogP contribution is 2.11. The third-order valence-electron chi connectivity index (χ3n) is 3.74. The van der Waals surface area contributed by atoms with Crippen molar-refractivity contribution in [3.05, 3.63) is 47.4 Å². The molecule has 2 aromatic rings. The van der Waals surface area contributed by atoms with Crippen LogP contribution >= 0.6 is 24.0 Å². The number of nitrogens with one attached hydrogen (secondary N) is 2. The first-order valence-corrected chi connectivity index (χ1v) is 8.92. The lowest BCUT2D eigenvalue weighted by Crippen LogP contribution is -2.37. The predicted molar refractivity (Wildman–Crippen MR) is 115 cm³/mol. The summed E-state index contributed by atoms with van der Waals surface area (Å²) >= 11 is 0. The number of nitrogens with zero attached hydrogens (tertiary/aromatic N) is 2. The zero-order chi connectivity index (χ0) is 18.8. The van der Waals surface area contributed by atoms with Gasteiger partial charge in [-0.25, -0.2) is 14.4 Å². The maximum Gasteiger partial charge on any atom is 0.216 e. The Morgan fingerprint density at radius 3 is 2.56 bits per heavy atom. The van der Waals surface area contributed by atoms with Crippen LogP contribution in [0.15, 0.2) is 33.7 Å². The highest BCUT2D eigenvalue weighted by atomic mass is 127. The summed E-state index contributed by atoms with van der Waals surface area (Å²) in [5, 5.41) is 6.48. The number of oxazole rings is 1. The van der Waals surface area contributed by atoms with Gasteiger partial charge in [0.2, 0.25) is 5.89 Å². The van der Waals surface area contributed by atoms with Crippen LogP contribution in [0.4, 0.5) is 4.39 Å². The molecule has 27 heavy (non-hydrogen) atoms. The lowest BCUT2D eigenvalue weighted by atomic mass is 10.3. The summed E-state index contributed by atoms with van der Waals surface area (Å²) in [6.07, 6.45) is 1.82. The average molecular weight is 490 g/mol. The summed E-state index contributed by atoms with van der Waals surface area (Å²) in [6, 6.07) is 6.06. The molecule has 1 aromatic heterocycles. The SMILES string of the molecule is CCNC(=NCc1nc(C)c(C)o1)NCCCCOc1ccc(F)cc1.I. The number of ether oxygens (including phenoxy) is 1. The van der Waals surface area contributed by atoms with Gasteiger partial charge in [-0.1, -0.05) is 0 Å². The van der Waals surface area contributed by atoms with Gasteiger partial charge >= 0.3 is 0 Å². The van der Waals surface area contributed by atoms with E-state index in [1.807, 2.05) is 20.8 Å². The van der Waals surface area contributed by atoms with E-state index in [4.69, 9.17) is 9.15 Å². The monoisotopic (exact) mass is 490 g/mol. The molecule has 2 rings (SSSR count). The summed E-state index contributed by atoms with van der Waals surface area (Å²) in [5.41, 5.74) is 0.898. The molecule has 1 aromatic carbocycles. The van der Waals surface area contributed by atoms with Crippen LogP contribution in [0.2, 0.25) is 0 Å². The fraction of sp³-hybridized carbons (Fsp3) is 0.474. The normalized spacial score (nSPS) is 11.0. The Kier molecular flexibility index (Phi) is 10.8. The Labute approximate surface area is 177 Å². The average Bonchev–Trinajstić information content (AvgIpc) is 2.95. The molecular weight excluding hydrogens is 462 g/mol. The molecule has 0 amide bonds. The molecule has 6 nitrogen and oxygen atoms in total. The minimum atomic E-state index is -0.258. The number of aromatic nitrogens is 1. The van der Waals surface area contributed by atoms with Crippen molar-refractivity contribution >= 4 is 29.9 Å². The van der Waals surface area contributed by atoms with Gasteiger partial charge in [-0.2, -0.15) is 0 Å². The van der Waals surface area contributed by atoms with Crippen LogP contribution in [0.1, 0.15) is 37.1 Å². The Morgan fingerprint density at radius 1 is 1.19 bits per heavy atom. The maximum atomic E-state index is 12.8. The Morgan fingerprint density at radius 2 is 1.93 bits per heavy atom. The lowest BCUT2D eigenvalue weighted by Gasteiger charge is -2.11. The second-order valence-corrected chi connectivity index (χ2v) is 5.88. The van der Waals surface area contributed by atoms with Crippen LogP contribution in [-0.4, -0.2) is 30.6 Å². The van der Waals surface area contributed by atoms with Gasteiger partial charge in [-0.15, -0.1) is 24.0 Å². The maximum absolute atomic E-state index is 12.8. The summed E-state index contributed by atoms with van der Waals surface area (Å²) in [7, 11) is 0. The van der Waals surface area contributed by atoms with E-state index in [0.717, 1.165) is 43.3 Å². The number of aryl methyl sites for hydroxylation is 2. The minimum absolute atomic E-state index is 0. The van der Waals surface area contributed by atoms with E-state index < -0.39 is 0 Å². The number of halogens is 2. The van der Waals surface area contributed by atoms with E-state index in [0.29, 0.717) is 24.8 Å². The molecule has 0 fully saturated rings. The fourth-order valence-electron chi connectivity index (χ4n) is 2.25. The van der Waals surface area contributed by atoms with Crippen molar-refractivity contribution in [1.82, 2.24) is 15.6 Å². The van der Waals surface area contributed by atoms with Crippen molar-refractivity contribution in [1.29, 1.82) is 0 Å². The Hall–Kier alpha value is -1.84. The molecule has 150 valence electrons. The summed E-state index contributed by atoms with van der Waals surface area (Å²) in [6.45, 7) is 8.39. The van der Waals surface area contributed by atoms with Crippen molar-refractivity contribution < 1.29 is 13.5 Å². The largest absolute Gasteiger partial charge is 0.494 e. The summed E-state index contributed by atoms with van der Waals surface area (Å²) < 4.78 is 23.9. The number of guanidine groups is 1. The van der Waals surface area contributed by atoms with Gasteiger partial charge in [-0.3, -0.25) is 0 Å². The molecular formula is C19H28FIN4O2. The third-order valence-corrected chi connectivity index (χ3v) is 3.74. The molecule has 0 bridgehead atoms. The molecule has 0 radical (unpaired) electrons. The molecule has 0 aliphatic heterocycles. The number of hydrogen-bond acceptors (Lipinski definition) is 4. The van der Waals surface area contributed by atoms with E-state index in [9.17, 15) is 4.39 Å². The zero-order valence-corrected chi connectivity index (χ0v) is 18.4. The first-order valence-electron chi connectivity index (χ1n) is 8.92. The smallest absolute Gasteiger partial charge is 0.216 e. The summed E-state index contributed by atoms with van der Waals surface area (Å²) in [5.74, 6) is 2.61. The lowest BCUT2D eigenvalue weighted by molar-refractivity contribution is 0.306. The second-order valence-electron chi connectivity index (χ2n) is 5.88. The van der Waals surface area contributed by atoms with E-state index >= 15 is 0 Å².